The molecule has 1 aromatic rings. The number of amides is 2. The maximum Gasteiger partial charge on any atom is 0.353 e. The summed E-state index contributed by atoms with van der Waals surface area (Å²) in [6, 6.07) is 1.07. The minimum Gasteiger partial charge on any atom is -0.477 e. The number of hydrogen-bond donors (Lipinski definition) is 3. The van der Waals surface area contributed by atoms with E-state index in [0.29, 0.717) is 5.92 Å². The molecule has 2 rings (SSSR count). The van der Waals surface area contributed by atoms with Crippen molar-refractivity contribution < 1.29 is 14.7 Å². The molecule has 7 heteroatoms. The summed E-state index contributed by atoms with van der Waals surface area (Å²) in [6.45, 7) is 3.56. The summed E-state index contributed by atoms with van der Waals surface area (Å²) in [5, 5.41) is 17.4. The molecule has 0 radical (unpaired) electrons. The molecule has 0 spiro atoms. The summed E-state index contributed by atoms with van der Waals surface area (Å²) >= 11 is 0. The Labute approximate surface area is 104 Å². The van der Waals surface area contributed by atoms with Gasteiger partial charge in [-0.15, -0.1) is 0 Å². The highest BCUT2D eigenvalue weighted by Gasteiger charge is 2.21. The van der Waals surface area contributed by atoms with E-state index >= 15 is 0 Å². The highest BCUT2D eigenvalue weighted by atomic mass is 16.4. The van der Waals surface area contributed by atoms with Crippen molar-refractivity contribution in [2.45, 2.75) is 19.8 Å². The molecule has 0 bridgehead atoms. The number of aromatic amines is 1. The minimum absolute atomic E-state index is 0.0442. The van der Waals surface area contributed by atoms with Gasteiger partial charge in [-0.05, 0) is 18.8 Å². The smallest absolute Gasteiger partial charge is 0.353 e. The first-order chi connectivity index (χ1) is 8.56. The molecule has 1 fully saturated rings. The second-order valence-corrected chi connectivity index (χ2v) is 4.60. The molecule has 1 unspecified atom stereocenters. The Hall–Kier alpha value is -2.05. The molecule has 1 saturated heterocycles. The van der Waals surface area contributed by atoms with E-state index in [9.17, 15) is 9.59 Å². The molecule has 2 amide bonds. The van der Waals surface area contributed by atoms with Gasteiger partial charge in [-0.1, -0.05) is 6.92 Å². The Morgan fingerprint density at radius 2 is 2.39 bits per heavy atom. The molecule has 1 atom stereocenters. The third-order valence-electron chi connectivity index (χ3n) is 2.99. The van der Waals surface area contributed by atoms with Gasteiger partial charge in [0.25, 0.3) is 0 Å². The number of carboxylic acids is 1. The molecule has 18 heavy (non-hydrogen) atoms. The maximum atomic E-state index is 11.9. The van der Waals surface area contributed by atoms with Crippen molar-refractivity contribution in [1.29, 1.82) is 0 Å². The Bertz CT molecular complexity index is 457. The van der Waals surface area contributed by atoms with Gasteiger partial charge >= 0.3 is 12.0 Å². The topological polar surface area (TPSA) is 98.3 Å². The van der Waals surface area contributed by atoms with Crippen molar-refractivity contribution in [3.05, 3.63) is 11.8 Å². The number of urea groups is 1. The molecule has 1 aromatic heterocycles. The Morgan fingerprint density at radius 3 is 3.00 bits per heavy atom. The van der Waals surface area contributed by atoms with E-state index in [0.717, 1.165) is 25.9 Å². The SMILES string of the molecule is CC1CCCN(C(=O)Nc2cc(C(=O)O)[nH]n2)C1. The summed E-state index contributed by atoms with van der Waals surface area (Å²) < 4.78 is 0. The van der Waals surface area contributed by atoms with Crippen LogP contribution in [-0.2, 0) is 0 Å². The zero-order valence-electron chi connectivity index (χ0n) is 10.1. The molecule has 0 aliphatic carbocycles. The summed E-state index contributed by atoms with van der Waals surface area (Å²) in [7, 11) is 0. The first-order valence-corrected chi connectivity index (χ1v) is 5.91. The Morgan fingerprint density at radius 1 is 1.61 bits per heavy atom. The van der Waals surface area contributed by atoms with E-state index in [1.54, 1.807) is 4.90 Å². The second-order valence-electron chi connectivity index (χ2n) is 4.60. The molecular formula is C11H16N4O3. The van der Waals surface area contributed by atoms with Gasteiger partial charge in [-0.2, -0.15) is 5.10 Å². The third-order valence-corrected chi connectivity index (χ3v) is 2.99. The quantitative estimate of drug-likeness (QED) is 0.740. The van der Waals surface area contributed by atoms with Crippen LogP contribution < -0.4 is 5.32 Å². The fraction of sp³-hybridized carbons (Fsp3) is 0.545. The Kier molecular flexibility index (Phi) is 3.50. The maximum absolute atomic E-state index is 11.9. The zero-order valence-corrected chi connectivity index (χ0v) is 10.1. The zero-order chi connectivity index (χ0) is 13.1. The van der Waals surface area contributed by atoms with Crippen LogP contribution in [0.1, 0.15) is 30.3 Å². The molecule has 3 N–H and O–H groups in total. The van der Waals surface area contributed by atoms with Crippen molar-refractivity contribution in [3.63, 3.8) is 0 Å². The Balaban J connectivity index is 1.95. The predicted octanol–water partition coefficient (Wildman–Crippen LogP) is 1.37. The molecule has 1 aliphatic rings. The van der Waals surface area contributed by atoms with Crippen LogP contribution in [0.4, 0.5) is 10.6 Å². The van der Waals surface area contributed by atoms with Gasteiger partial charge in [0.05, 0.1) is 0 Å². The number of aromatic carboxylic acids is 1. The molecule has 1 aliphatic heterocycles. The number of H-pyrrole nitrogens is 1. The summed E-state index contributed by atoms with van der Waals surface area (Å²) in [6.07, 6.45) is 2.13. The van der Waals surface area contributed by atoms with Crippen LogP contribution >= 0.6 is 0 Å². The van der Waals surface area contributed by atoms with Gasteiger partial charge in [0.2, 0.25) is 0 Å². The van der Waals surface area contributed by atoms with Crippen molar-refractivity contribution in [2.24, 2.45) is 5.92 Å². The van der Waals surface area contributed by atoms with Gasteiger partial charge in [-0.25, -0.2) is 9.59 Å². The number of rotatable bonds is 2. The van der Waals surface area contributed by atoms with Gasteiger partial charge in [-0.3, -0.25) is 10.4 Å². The number of likely N-dealkylation sites (tertiary alicyclic amines) is 1. The molecule has 0 saturated carbocycles. The summed E-state index contributed by atoms with van der Waals surface area (Å²) in [5.74, 6) is -0.372. The van der Waals surface area contributed by atoms with E-state index in [4.69, 9.17) is 5.11 Å². The van der Waals surface area contributed by atoms with Crippen molar-refractivity contribution in [3.8, 4) is 0 Å². The predicted molar refractivity (Wildman–Crippen MR) is 64.5 cm³/mol. The monoisotopic (exact) mass is 252 g/mol. The van der Waals surface area contributed by atoms with Crippen LogP contribution in [-0.4, -0.2) is 45.3 Å². The number of piperidine rings is 1. The first kappa shape index (κ1) is 12.4. The van der Waals surface area contributed by atoms with E-state index in [2.05, 4.69) is 22.4 Å². The van der Waals surface area contributed by atoms with Crippen molar-refractivity contribution in [1.82, 2.24) is 15.1 Å². The van der Waals surface area contributed by atoms with E-state index in [1.165, 1.54) is 6.07 Å². The first-order valence-electron chi connectivity index (χ1n) is 5.91. The van der Waals surface area contributed by atoms with Crippen LogP contribution in [0.15, 0.2) is 6.07 Å². The van der Waals surface area contributed by atoms with E-state index in [-0.39, 0.29) is 17.5 Å². The van der Waals surface area contributed by atoms with E-state index in [1.807, 2.05) is 0 Å². The van der Waals surface area contributed by atoms with Crippen LogP contribution in [0.25, 0.3) is 0 Å². The lowest BCUT2D eigenvalue weighted by atomic mass is 10.0. The van der Waals surface area contributed by atoms with Crippen LogP contribution in [0.3, 0.4) is 0 Å². The number of hydrogen-bond acceptors (Lipinski definition) is 3. The number of aromatic nitrogens is 2. The van der Waals surface area contributed by atoms with Crippen molar-refractivity contribution in [2.75, 3.05) is 18.4 Å². The second kappa shape index (κ2) is 5.07. The van der Waals surface area contributed by atoms with Gasteiger partial charge in [0, 0.05) is 19.2 Å². The summed E-state index contributed by atoms with van der Waals surface area (Å²) in [5.41, 5.74) is -0.0442. The number of nitrogens with one attached hydrogen (secondary N) is 2. The fourth-order valence-electron chi connectivity index (χ4n) is 2.06. The average Bonchev–Trinajstić information content (AvgIpc) is 2.77. The van der Waals surface area contributed by atoms with Gasteiger partial charge < -0.3 is 10.0 Å². The lowest BCUT2D eigenvalue weighted by molar-refractivity contribution is 0.0690. The summed E-state index contributed by atoms with van der Waals surface area (Å²) in [4.78, 5) is 24.3. The van der Waals surface area contributed by atoms with E-state index < -0.39 is 5.97 Å². The fourth-order valence-corrected chi connectivity index (χ4v) is 2.06. The van der Waals surface area contributed by atoms with Gasteiger partial charge in [0.15, 0.2) is 5.82 Å². The normalized spacial score (nSPS) is 19.6. The third kappa shape index (κ3) is 2.79. The van der Waals surface area contributed by atoms with Crippen LogP contribution in [0, 0.1) is 5.92 Å². The number of carbonyl (C=O) groups excluding carboxylic acids is 1. The lowest BCUT2D eigenvalue weighted by Crippen LogP contribution is -2.41. The van der Waals surface area contributed by atoms with Gasteiger partial charge in [0.1, 0.15) is 5.69 Å². The molecule has 98 valence electrons. The molecule has 7 nitrogen and oxygen atoms in total. The highest BCUT2D eigenvalue weighted by molar-refractivity contribution is 5.91. The number of nitrogens with zero attached hydrogens (tertiary/aromatic N) is 2. The van der Waals surface area contributed by atoms with Crippen LogP contribution in [0.5, 0.6) is 0 Å². The molecule has 2 heterocycles. The van der Waals surface area contributed by atoms with Crippen LogP contribution in [0.2, 0.25) is 0 Å². The number of carboxylic acid groups (broad SMARTS) is 1. The number of anilines is 1. The highest BCUT2D eigenvalue weighted by Crippen LogP contribution is 2.16. The molecular weight excluding hydrogens is 236 g/mol. The largest absolute Gasteiger partial charge is 0.477 e. The minimum atomic E-state index is -1.10. The molecule has 0 aromatic carbocycles. The number of carbonyl (C=O) groups is 2. The lowest BCUT2D eigenvalue weighted by Gasteiger charge is -2.30. The standard InChI is InChI=1S/C11H16N4O3/c1-7-3-2-4-15(6-7)11(18)12-9-5-8(10(16)17)13-14-9/h5,7H,2-4,6H2,1H3,(H,16,17)(H2,12,13,14,18). The average molecular weight is 252 g/mol. The van der Waals surface area contributed by atoms with Crippen molar-refractivity contribution >= 4 is 17.8 Å².